The van der Waals surface area contributed by atoms with Crippen LogP contribution in [0.3, 0.4) is 0 Å². The second-order valence-corrected chi connectivity index (χ2v) is 7.65. The van der Waals surface area contributed by atoms with E-state index in [-0.39, 0.29) is 11.9 Å². The monoisotopic (exact) mass is 352 g/mol. The van der Waals surface area contributed by atoms with Gasteiger partial charge in [-0.1, -0.05) is 30.3 Å². The highest BCUT2D eigenvalue weighted by atomic mass is 32.1. The molecule has 0 saturated heterocycles. The maximum atomic E-state index is 13.1. The van der Waals surface area contributed by atoms with Crippen molar-refractivity contribution in [3.05, 3.63) is 69.7 Å². The first-order chi connectivity index (χ1) is 12.1. The Kier molecular flexibility index (Phi) is 4.13. The van der Waals surface area contributed by atoms with Crippen LogP contribution in [0.2, 0.25) is 0 Å². The minimum absolute atomic E-state index is 0.0322. The number of thiazole rings is 1. The minimum Gasteiger partial charge on any atom is -0.331 e. The SMILES string of the molecule is Cc1nc(C)c(CC(=O)N2Cc3nccn3C[C@H]2c2ccccc2)s1. The standard InChI is InChI=1S/C19H20N4OS/c1-13-17(25-14(2)21-13)10-19(24)23-12-18-20-8-9-22(18)11-16(23)15-6-4-3-5-7-15/h3-9,16H,10-12H2,1-2H3/t16-/m0/s1. The summed E-state index contributed by atoms with van der Waals surface area (Å²) in [6.07, 6.45) is 4.20. The first-order valence-corrected chi connectivity index (χ1v) is 9.21. The molecule has 6 heteroatoms. The van der Waals surface area contributed by atoms with Crippen LogP contribution < -0.4 is 0 Å². The van der Waals surface area contributed by atoms with E-state index in [1.807, 2.05) is 49.3 Å². The van der Waals surface area contributed by atoms with Gasteiger partial charge in [0.2, 0.25) is 5.91 Å². The minimum atomic E-state index is 0.0322. The van der Waals surface area contributed by atoms with Crippen LogP contribution in [0.15, 0.2) is 42.7 Å². The first-order valence-electron chi connectivity index (χ1n) is 8.39. The number of imidazole rings is 1. The Morgan fingerprint density at radius 2 is 2.08 bits per heavy atom. The summed E-state index contributed by atoms with van der Waals surface area (Å²) in [6, 6.07) is 10.3. The molecular weight excluding hydrogens is 332 g/mol. The van der Waals surface area contributed by atoms with Crippen molar-refractivity contribution < 1.29 is 4.79 Å². The van der Waals surface area contributed by atoms with E-state index in [1.54, 1.807) is 11.3 Å². The van der Waals surface area contributed by atoms with Crippen LogP contribution in [-0.4, -0.2) is 25.3 Å². The normalized spacial score (nSPS) is 16.7. The topological polar surface area (TPSA) is 51.0 Å². The summed E-state index contributed by atoms with van der Waals surface area (Å²) in [7, 11) is 0. The molecule has 4 rings (SSSR count). The van der Waals surface area contributed by atoms with Crippen molar-refractivity contribution in [2.75, 3.05) is 0 Å². The molecule has 0 aliphatic carbocycles. The van der Waals surface area contributed by atoms with Gasteiger partial charge in [0, 0.05) is 23.8 Å². The van der Waals surface area contributed by atoms with Crippen molar-refractivity contribution in [3.8, 4) is 0 Å². The third kappa shape index (κ3) is 3.09. The van der Waals surface area contributed by atoms with Gasteiger partial charge in [-0.2, -0.15) is 0 Å². The second kappa shape index (κ2) is 6.44. The van der Waals surface area contributed by atoms with Crippen molar-refractivity contribution in [2.45, 2.75) is 39.4 Å². The Morgan fingerprint density at radius 3 is 2.80 bits per heavy atom. The van der Waals surface area contributed by atoms with Gasteiger partial charge in [0.1, 0.15) is 5.82 Å². The number of fused-ring (bicyclic) bond motifs is 1. The van der Waals surface area contributed by atoms with Gasteiger partial charge in [-0.25, -0.2) is 9.97 Å². The van der Waals surface area contributed by atoms with E-state index in [0.29, 0.717) is 13.0 Å². The second-order valence-electron chi connectivity index (χ2n) is 6.36. The molecule has 25 heavy (non-hydrogen) atoms. The molecule has 3 aromatic rings. The van der Waals surface area contributed by atoms with Gasteiger partial charge in [0.15, 0.2) is 0 Å². The Morgan fingerprint density at radius 1 is 1.28 bits per heavy atom. The number of hydrogen-bond donors (Lipinski definition) is 0. The summed E-state index contributed by atoms with van der Waals surface area (Å²) in [5.41, 5.74) is 2.12. The predicted octanol–water partition coefficient (Wildman–Crippen LogP) is 3.28. The molecule has 2 aromatic heterocycles. The van der Waals surface area contributed by atoms with Crippen LogP contribution >= 0.6 is 11.3 Å². The van der Waals surface area contributed by atoms with Gasteiger partial charge in [-0.05, 0) is 19.4 Å². The molecule has 1 amide bonds. The maximum absolute atomic E-state index is 13.1. The van der Waals surface area contributed by atoms with Gasteiger partial charge in [-0.15, -0.1) is 11.3 Å². The quantitative estimate of drug-likeness (QED) is 0.727. The average molecular weight is 352 g/mol. The third-order valence-electron chi connectivity index (χ3n) is 4.68. The van der Waals surface area contributed by atoms with E-state index in [2.05, 4.69) is 26.7 Å². The summed E-state index contributed by atoms with van der Waals surface area (Å²) in [4.78, 5) is 25.0. The lowest BCUT2D eigenvalue weighted by atomic mass is 10.0. The summed E-state index contributed by atoms with van der Waals surface area (Å²) < 4.78 is 2.14. The molecule has 0 saturated carbocycles. The van der Waals surface area contributed by atoms with Crippen molar-refractivity contribution >= 4 is 17.2 Å². The Hall–Kier alpha value is -2.47. The van der Waals surface area contributed by atoms with Crippen LogP contribution in [0.25, 0.3) is 0 Å². The van der Waals surface area contributed by atoms with Gasteiger partial charge < -0.3 is 9.47 Å². The highest BCUT2D eigenvalue weighted by Gasteiger charge is 2.31. The molecule has 128 valence electrons. The van der Waals surface area contributed by atoms with E-state index in [1.165, 1.54) is 0 Å². The van der Waals surface area contributed by atoms with Gasteiger partial charge in [-0.3, -0.25) is 4.79 Å². The summed E-state index contributed by atoms with van der Waals surface area (Å²) >= 11 is 1.61. The fourth-order valence-electron chi connectivity index (χ4n) is 3.40. The number of nitrogens with zero attached hydrogens (tertiary/aromatic N) is 4. The number of aromatic nitrogens is 3. The molecule has 3 heterocycles. The first kappa shape index (κ1) is 16.0. The lowest BCUT2D eigenvalue weighted by Crippen LogP contribution is -2.41. The largest absolute Gasteiger partial charge is 0.331 e. The van der Waals surface area contributed by atoms with Crippen molar-refractivity contribution in [2.24, 2.45) is 0 Å². The molecule has 0 unspecified atom stereocenters. The van der Waals surface area contributed by atoms with Gasteiger partial charge in [0.25, 0.3) is 0 Å². The number of amides is 1. The Labute approximate surface area is 151 Å². The molecule has 0 fully saturated rings. The van der Waals surface area contributed by atoms with Crippen LogP contribution in [-0.2, 0) is 24.3 Å². The molecular formula is C19H20N4OS. The van der Waals surface area contributed by atoms with E-state index in [9.17, 15) is 4.79 Å². The highest BCUT2D eigenvalue weighted by Crippen LogP contribution is 2.30. The molecule has 0 radical (unpaired) electrons. The molecule has 0 N–H and O–H groups in total. The summed E-state index contributed by atoms with van der Waals surface area (Å²) in [5, 5.41) is 1.01. The molecule has 1 atom stereocenters. The zero-order chi connectivity index (χ0) is 17.4. The zero-order valence-corrected chi connectivity index (χ0v) is 15.2. The number of carbonyl (C=O) groups is 1. The predicted molar refractivity (Wildman–Crippen MR) is 97.3 cm³/mol. The Bertz CT molecular complexity index is 899. The highest BCUT2D eigenvalue weighted by molar-refractivity contribution is 7.11. The van der Waals surface area contributed by atoms with Gasteiger partial charge in [0.05, 0.1) is 29.7 Å². The zero-order valence-electron chi connectivity index (χ0n) is 14.3. The molecule has 1 aliphatic heterocycles. The number of aryl methyl sites for hydroxylation is 2. The van der Waals surface area contributed by atoms with Crippen molar-refractivity contribution in [3.63, 3.8) is 0 Å². The van der Waals surface area contributed by atoms with Crippen molar-refractivity contribution in [1.29, 1.82) is 0 Å². The molecule has 5 nitrogen and oxygen atoms in total. The lowest BCUT2D eigenvalue weighted by molar-refractivity contribution is -0.135. The Balaban J connectivity index is 1.65. The molecule has 1 aromatic carbocycles. The van der Waals surface area contributed by atoms with E-state index >= 15 is 0 Å². The maximum Gasteiger partial charge on any atom is 0.228 e. The fraction of sp³-hybridized carbons (Fsp3) is 0.316. The van der Waals surface area contributed by atoms with E-state index in [4.69, 9.17) is 0 Å². The lowest BCUT2D eigenvalue weighted by Gasteiger charge is -2.36. The van der Waals surface area contributed by atoms with Gasteiger partial charge >= 0.3 is 0 Å². The smallest absolute Gasteiger partial charge is 0.228 e. The third-order valence-corrected chi connectivity index (χ3v) is 5.75. The van der Waals surface area contributed by atoms with Crippen LogP contribution in [0.4, 0.5) is 0 Å². The summed E-state index contributed by atoms with van der Waals surface area (Å²) in [6.45, 7) is 5.24. The number of hydrogen-bond acceptors (Lipinski definition) is 4. The number of carbonyl (C=O) groups excluding carboxylic acids is 1. The van der Waals surface area contributed by atoms with Crippen LogP contribution in [0, 0.1) is 13.8 Å². The number of benzene rings is 1. The molecule has 1 aliphatic rings. The molecule has 0 spiro atoms. The molecule has 0 bridgehead atoms. The van der Waals surface area contributed by atoms with Crippen LogP contribution in [0.5, 0.6) is 0 Å². The van der Waals surface area contributed by atoms with Crippen molar-refractivity contribution in [1.82, 2.24) is 19.4 Å². The van der Waals surface area contributed by atoms with Crippen LogP contribution in [0.1, 0.15) is 33.0 Å². The fourth-order valence-corrected chi connectivity index (χ4v) is 4.33. The van der Waals surface area contributed by atoms with E-state index < -0.39 is 0 Å². The average Bonchev–Trinajstić information content (AvgIpc) is 3.20. The number of rotatable bonds is 3. The van der Waals surface area contributed by atoms with E-state index in [0.717, 1.165) is 33.5 Å². The summed E-state index contributed by atoms with van der Waals surface area (Å²) in [5.74, 6) is 1.08.